The fourth-order valence-corrected chi connectivity index (χ4v) is 0.804. The van der Waals surface area contributed by atoms with Gasteiger partial charge in [0.1, 0.15) is 0 Å². The summed E-state index contributed by atoms with van der Waals surface area (Å²) in [5.74, 6) is -0.207. The Hall–Kier alpha value is -1.32. The molecule has 0 fully saturated rings. The number of hydrogen-bond donors (Lipinski definition) is 1. The summed E-state index contributed by atoms with van der Waals surface area (Å²) in [7, 11) is 0. The summed E-state index contributed by atoms with van der Waals surface area (Å²) in [6.07, 6.45) is 4.30. The molecule has 1 aromatic heterocycles. The van der Waals surface area contributed by atoms with Gasteiger partial charge >= 0.3 is 5.97 Å². The fourth-order valence-electron chi connectivity index (χ4n) is 0.804. The Labute approximate surface area is 71.0 Å². The number of nitrogens with zero attached hydrogens (tertiary/aromatic N) is 1. The Morgan fingerprint density at radius 2 is 2.58 bits per heavy atom. The molecular formula is C8H12N2O2. The summed E-state index contributed by atoms with van der Waals surface area (Å²) in [4.78, 5) is 17.6. The van der Waals surface area contributed by atoms with Crippen LogP contribution in [0.1, 0.15) is 19.0 Å². The van der Waals surface area contributed by atoms with Crippen LogP contribution in [0.5, 0.6) is 0 Å². The molecule has 0 saturated heterocycles. The highest BCUT2D eigenvalue weighted by Gasteiger charge is 2.03. The van der Waals surface area contributed by atoms with E-state index in [0.717, 1.165) is 12.1 Å². The van der Waals surface area contributed by atoms with Gasteiger partial charge in [0, 0.05) is 11.9 Å². The monoisotopic (exact) mass is 168 g/mol. The largest absolute Gasteiger partial charge is 0.465 e. The van der Waals surface area contributed by atoms with Gasteiger partial charge in [-0.1, -0.05) is 6.92 Å². The zero-order valence-electron chi connectivity index (χ0n) is 7.04. The predicted molar refractivity (Wildman–Crippen MR) is 43.5 cm³/mol. The summed E-state index contributed by atoms with van der Waals surface area (Å²) in [5, 5.41) is 0. The van der Waals surface area contributed by atoms with Crippen LogP contribution >= 0.6 is 0 Å². The van der Waals surface area contributed by atoms with E-state index in [1.54, 1.807) is 12.5 Å². The molecule has 0 aromatic carbocycles. The number of hydrogen-bond acceptors (Lipinski definition) is 3. The lowest BCUT2D eigenvalue weighted by molar-refractivity contribution is -0.142. The Morgan fingerprint density at radius 1 is 1.75 bits per heavy atom. The standard InChI is InChI=1S/C8H12N2O2/c1-2-3-12-8(11)4-7-5-9-6-10-7/h5-6H,2-4H2,1H3,(H,9,10). The quantitative estimate of drug-likeness (QED) is 0.680. The van der Waals surface area contributed by atoms with E-state index in [-0.39, 0.29) is 12.4 Å². The predicted octanol–water partition coefficient (Wildman–Crippen LogP) is 0.905. The van der Waals surface area contributed by atoms with Crippen LogP contribution in [0.2, 0.25) is 0 Å². The minimum atomic E-state index is -0.207. The van der Waals surface area contributed by atoms with Crippen LogP contribution < -0.4 is 0 Å². The molecule has 1 aromatic rings. The highest BCUT2D eigenvalue weighted by Crippen LogP contribution is 1.95. The number of aromatic nitrogens is 2. The van der Waals surface area contributed by atoms with E-state index in [2.05, 4.69) is 9.97 Å². The maximum atomic E-state index is 11.0. The second-order valence-electron chi connectivity index (χ2n) is 2.47. The Balaban J connectivity index is 2.27. The third kappa shape index (κ3) is 2.74. The van der Waals surface area contributed by atoms with Crippen molar-refractivity contribution in [1.82, 2.24) is 9.97 Å². The van der Waals surface area contributed by atoms with Crippen molar-refractivity contribution >= 4 is 5.97 Å². The first-order chi connectivity index (χ1) is 5.83. The van der Waals surface area contributed by atoms with Gasteiger partial charge in [0.2, 0.25) is 0 Å². The zero-order chi connectivity index (χ0) is 8.81. The van der Waals surface area contributed by atoms with Gasteiger partial charge in [0.15, 0.2) is 0 Å². The summed E-state index contributed by atoms with van der Waals surface area (Å²) < 4.78 is 4.88. The maximum Gasteiger partial charge on any atom is 0.311 e. The molecule has 0 aliphatic heterocycles. The summed E-state index contributed by atoms with van der Waals surface area (Å²) >= 11 is 0. The van der Waals surface area contributed by atoms with Crippen LogP contribution in [0.3, 0.4) is 0 Å². The Bertz CT molecular complexity index is 231. The summed E-state index contributed by atoms with van der Waals surface area (Å²) in [6.45, 7) is 2.45. The van der Waals surface area contributed by atoms with Crippen molar-refractivity contribution in [2.45, 2.75) is 19.8 Å². The number of esters is 1. The van der Waals surface area contributed by atoms with E-state index in [0.29, 0.717) is 6.61 Å². The van der Waals surface area contributed by atoms with Gasteiger partial charge in [-0.05, 0) is 6.42 Å². The van der Waals surface area contributed by atoms with E-state index in [4.69, 9.17) is 4.74 Å². The average Bonchev–Trinajstić information content (AvgIpc) is 2.53. The van der Waals surface area contributed by atoms with Crippen molar-refractivity contribution < 1.29 is 9.53 Å². The van der Waals surface area contributed by atoms with Crippen LogP contribution in [0.25, 0.3) is 0 Å². The third-order valence-corrected chi connectivity index (χ3v) is 1.36. The number of nitrogens with one attached hydrogen (secondary N) is 1. The first-order valence-corrected chi connectivity index (χ1v) is 3.95. The minimum Gasteiger partial charge on any atom is -0.465 e. The molecule has 0 aliphatic carbocycles. The average molecular weight is 168 g/mol. The van der Waals surface area contributed by atoms with E-state index in [1.165, 1.54) is 0 Å². The molecule has 0 aliphatic rings. The summed E-state index contributed by atoms with van der Waals surface area (Å²) in [6, 6.07) is 0. The smallest absolute Gasteiger partial charge is 0.311 e. The topological polar surface area (TPSA) is 55.0 Å². The molecule has 0 atom stereocenters. The van der Waals surface area contributed by atoms with Crippen LogP contribution in [0.4, 0.5) is 0 Å². The van der Waals surface area contributed by atoms with Crippen molar-refractivity contribution in [2.75, 3.05) is 6.61 Å². The lowest BCUT2D eigenvalue weighted by Crippen LogP contribution is -2.08. The van der Waals surface area contributed by atoms with Crippen molar-refractivity contribution in [2.24, 2.45) is 0 Å². The van der Waals surface area contributed by atoms with Crippen molar-refractivity contribution in [3.8, 4) is 0 Å². The first kappa shape index (κ1) is 8.77. The Kier molecular flexibility index (Phi) is 3.32. The molecule has 0 radical (unpaired) electrons. The van der Waals surface area contributed by atoms with E-state index in [1.807, 2.05) is 6.92 Å². The van der Waals surface area contributed by atoms with Crippen molar-refractivity contribution in [3.05, 3.63) is 18.2 Å². The highest BCUT2D eigenvalue weighted by atomic mass is 16.5. The number of carbonyl (C=O) groups excluding carboxylic acids is 1. The minimum absolute atomic E-state index is 0.207. The molecule has 1 rings (SSSR count). The van der Waals surface area contributed by atoms with Crippen LogP contribution in [-0.4, -0.2) is 22.5 Å². The van der Waals surface area contributed by atoms with Crippen molar-refractivity contribution in [3.63, 3.8) is 0 Å². The normalized spacial score (nSPS) is 9.75. The molecule has 4 nitrogen and oxygen atoms in total. The molecule has 0 unspecified atom stereocenters. The number of ether oxygens (including phenoxy) is 1. The number of aromatic amines is 1. The van der Waals surface area contributed by atoms with Gasteiger partial charge in [-0.2, -0.15) is 0 Å². The van der Waals surface area contributed by atoms with Gasteiger partial charge in [0.25, 0.3) is 0 Å². The lowest BCUT2D eigenvalue weighted by Gasteiger charge is -2.00. The molecule has 0 spiro atoms. The van der Waals surface area contributed by atoms with Gasteiger partial charge in [-0.15, -0.1) is 0 Å². The molecule has 66 valence electrons. The van der Waals surface area contributed by atoms with Crippen molar-refractivity contribution in [1.29, 1.82) is 0 Å². The molecule has 4 heteroatoms. The second-order valence-corrected chi connectivity index (χ2v) is 2.47. The maximum absolute atomic E-state index is 11.0. The number of H-pyrrole nitrogens is 1. The molecular weight excluding hydrogens is 156 g/mol. The highest BCUT2D eigenvalue weighted by molar-refractivity contribution is 5.71. The van der Waals surface area contributed by atoms with Gasteiger partial charge in [-0.3, -0.25) is 4.79 Å². The van der Waals surface area contributed by atoms with Crippen LogP contribution in [0, 0.1) is 0 Å². The fraction of sp³-hybridized carbons (Fsp3) is 0.500. The third-order valence-electron chi connectivity index (χ3n) is 1.36. The van der Waals surface area contributed by atoms with Gasteiger partial charge in [0.05, 0.1) is 19.4 Å². The van der Waals surface area contributed by atoms with Crippen LogP contribution in [0.15, 0.2) is 12.5 Å². The molecule has 0 amide bonds. The zero-order valence-corrected chi connectivity index (χ0v) is 7.04. The SMILES string of the molecule is CCCOC(=O)Cc1cnc[nH]1. The second kappa shape index (κ2) is 4.54. The number of carbonyl (C=O) groups is 1. The Morgan fingerprint density at radius 3 is 3.17 bits per heavy atom. The number of imidazole rings is 1. The summed E-state index contributed by atoms with van der Waals surface area (Å²) in [5.41, 5.74) is 0.788. The molecule has 0 saturated carbocycles. The molecule has 1 heterocycles. The van der Waals surface area contributed by atoms with E-state index >= 15 is 0 Å². The van der Waals surface area contributed by atoms with E-state index < -0.39 is 0 Å². The first-order valence-electron chi connectivity index (χ1n) is 3.95. The van der Waals surface area contributed by atoms with E-state index in [9.17, 15) is 4.79 Å². The lowest BCUT2D eigenvalue weighted by atomic mass is 10.3. The number of rotatable bonds is 4. The van der Waals surface area contributed by atoms with Gasteiger partial charge < -0.3 is 9.72 Å². The molecule has 1 N–H and O–H groups in total. The van der Waals surface area contributed by atoms with Crippen LogP contribution in [-0.2, 0) is 16.0 Å². The van der Waals surface area contributed by atoms with Gasteiger partial charge in [-0.25, -0.2) is 4.98 Å². The molecule has 12 heavy (non-hydrogen) atoms. The molecule has 0 bridgehead atoms.